The quantitative estimate of drug-likeness (QED) is 0.890. The van der Waals surface area contributed by atoms with Gasteiger partial charge in [0.25, 0.3) is 0 Å². The van der Waals surface area contributed by atoms with Crippen LogP contribution in [0.1, 0.15) is 44.7 Å². The van der Waals surface area contributed by atoms with Gasteiger partial charge in [0.15, 0.2) is 9.84 Å². The van der Waals surface area contributed by atoms with Crippen molar-refractivity contribution in [3.63, 3.8) is 0 Å². The molecule has 19 heavy (non-hydrogen) atoms. The van der Waals surface area contributed by atoms with Gasteiger partial charge in [-0.25, -0.2) is 8.42 Å². The zero-order valence-corrected chi connectivity index (χ0v) is 12.4. The normalized spacial score (nSPS) is 16.6. The van der Waals surface area contributed by atoms with Gasteiger partial charge in [0, 0.05) is 12.1 Å². The highest BCUT2D eigenvalue weighted by Gasteiger charge is 2.39. The molecule has 1 saturated carbocycles. The lowest BCUT2D eigenvalue weighted by Gasteiger charge is -2.22. The molecule has 0 aromatic heterocycles. The van der Waals surface area contributed by atoms with E-state index in [1.165, 1.54) is 0 Å². The summed E-state index contributed by atoms with van der Waals surface area (Å²) in [5.74, 6) is -0.178. The number of hydrogen-bond acceptors (Lipinski definition) is 4. The van der Waals surface area contributed by atoms with Crippen LogP contribution < -0.4 is 5.73 Å². The molecular formula is C14H21NO3S. The van der Waals surface area contributed by atoms with E-state index in [2.05, 4.69) is 0 Å². The van der Waals surface area contributed by atoms with E-state index in [4.69, 9.17) is 5.73 Å². The Balaban J connectivity index is 2.66. The Bertz CT molecular complexity index is 596. The Labute approximate surface area is 114 Å². The Morgan fingerprint density at radius 3 is 2.32 bits per heavy atom. The van der Waals surface area contributed by atoms with E-state index in [1.807, 2.05) is 20.8 Å². The Morgan fingerprint density at radius 2 is 1.89 bits per heavy atom. The van der Waals surface area contributed by atoms with E-state index in [9.17, 15) is 13.5 Å². The first-order chi connectivity index (χ1) is 8.67. The summed E-state index contributed by atoms with van der Waals surface area (Å²) in [4.78, 5) is 0.0443. The van der Waals surface area contributed by atoms with Crippen molar-refractivity contribution in [1.29, 1.82) is 0 Å². The van der Waals surface area contributed by atoms with Crippen molar-refractivity contribution < 1.29 is 13.5 Å². The standard InChI is InChI=1S/C14H21NO3S/c1-14(2,3)10-6-9(8-15)13(16)12(7-10)19(17,18)11-4-5-11/h6-7,11,16H,4-5,8,15H2,1-3H3. The monoisotopic (exact) mass is 283 g/mol. The van der Waals surface area contributed by atoms with Crippen LogP contribution in [0.4, 0.5) is 0 Å². The first-order valence-electron chi connectivity index (χ1n) is 6.48. The molecule has 0 saturated heterocycles. The third-order valence-electron chi connectivity index (χ3n) is 3.51. The van der Waals surface area contributed by atoms with E-state index in [1.54, 1.807) is 12.1 Å². The molecule has 0 bridgehead atoms. The summed E-state index contributed by atoms with van der Waals surface area (Å²) < 4.78 is 24.7. The van der Waals surface area contributed by atoms with Crippen LogP contribution in [0, 0.1) is 0 Å². The second kappa shape index (κ2) is 4.49. The summed E-state index contributed by atoms with van der Waals surface area (Å²) in [6.45, 7) is 6.15. The van der Waals surface area contributed by atoms with Gasteiger partial charge in [-0.1, -0.05) is 26.8 Å². The number of sulfone groups is 1. The minimum atomic E-state index is -3.42. The van der Waals surface area contributed by atoms with Gasteiger partial charge in [-0.2, -0.15) is 0 Å². The molecule has 0 unspecified atom stereocenters. The first kappa shape index (κ1) is 14.3. The number of rotatable bonds is 3. The highest BCUT2D eigenvalue weighted by Crippen LogP contribution is 2.40. The van der Waals surface area contributed by atoms with Gasteiger partial charge >= 0.3 is 0 Å². The molecule has 1 aliphatic carbocycles. The van der Waals surface area contributed by atoms with E-state index < -0.39 is 9.84 Å². The van der Waals surface area contributed by atoms with Crippen LogP contribution in [-0.2, 0) is 21.8 Å². The molecule has 3 N–H and O–H groups in total. The Morgan fingerprint density at radius 1 is 1.32 bits per heavy atom. The van der Waals surface area contributed by atoms with Gasteiger partial charge in [0.05, 0.1) is 5.25 Å². The zero-order valence-electron chi connectivity index (χ0n) is 11.6. The van der Waals surface area contributed by atoms with Crippen molar-refractivity contribution in [2.75, 3.05) is 0 Å². The van der Waals surface area contributed by atoms with Crippen LogP contribution in [0.3, 0.4) is 0 Å². The average Bonchev–Trinajstić information content (AvgIpc) is 3.11. The highest BCUT2D eigenvalue weighted by molar-refractivity contribution is 7.92. The lowest BCUT2D eigenvalue weighted by Crippen LogP contribution is -2.16. The third kappa shape index (κ3) is 2.62. The molecule has 1 fully saturated rings. The first-order valence-corrected chi connectivity index (χ1v) is 8.03. The number of phenols is 1. The van der Waals surface area contributed by atoms with Crippen molar-refractivity contribution in [3.05, 3.63) is 23.3 Å². The Hall–Kier alpha value is -1.07. The average molecular weight is 283 g/mol. The number of aromatic hydroxyl groups is 1. The maximum Gasteiger partial charge on any atom is 0.184 e. The fourth-order valence-corrected chi connectivity index (χ4v) is 3.84. The van der Waals surface area contributed by atoms with Crippen molar-refractivity contribution in [1.82, 2.24) is 0 Å². The molecule has 0 aliphatic heterocycles. The SMILES string of the molecule is CC(C)(C)c1cc(CN)c(O)c(S(=O)(=O)C2CC2)c1. The highest BCUT2D eigenvalue weighted by atomic mass is 32.2. The molecule has 1 aliphatic rings. The van der Waals surface area contributed by atoms with Gasteiger partial charge in [0.1, 0.15) is 10.6 Å². The maximum absolute atomic E-state index is 12.4. The molecule has 0 amide bonds. The molecule has 1 aromatic carbocycles. The second-order valence-electron chi connectivity index (χ2n) is 6.18. The summed E-state index contributed by atoms with van der Waals surface area (Å²) in [7, 11) is -3.42. The predicted molar refractivity (Wildman–Crippen MR) is 74.9 cm³/mol. The predicted octanol–water partition coefficient (Wildman–Crippen LogP) is 2.08. The Kier molecular flexibility index (Phi) is 3.39. The second-order valence-corrected chi connectivity index (χ2v) is 8.38. The summed E-state index contributed by atoms with van der Waals surface area (Å²) in [5, 5.41) is 9.80. The van der Waals surface area contributed by atoms with Crippen molar-refractivity contribution >= 4 is 9.84 Å². The third-order valence-corrected chi connectivity index (χ3v) is 5.78. The minimum Gasteiger partial charge on any atom is -0.506 e. The van der Waals surface area contributed by atoms with E-state index >= 15 is 0 Å². The fourth-order valence-electron chi connectivity index (χ4n) is 2.03. The summed E-state index contributed by atoms with van der Waals surface area (Å²) in [6, 6.07) is 3.39. The fraction of sp³-hybridized carbons (Fsp3) is 0.571. The van der Waals surface area contributed by atoms with E-state index in [-0.39, 0.29) is 27.9 Å². The van der Waals surface area contributed by atoms with Crippen molar-refractivity contribution in [3.8, 4) is 5.75 Å². The summed E-state index contributed by atoms with van der Waals surface area (Å²) in [6.07, 6.45) is 1.36. The van der Waals surface area contributed by atoms with Crippen LogP contribution in [0.25, 0.3) is 0 Å². The number of phenolic OH excluding ortho intramolecular Hbond substituents is 1. The van der Waals surface area contributed by atoms with Crippen molar-refractivity contribution in [2.45, 2.75) is 55.7 Å². The minimum absolute atomic E-state index is 0.0443. The molecule has 5 heteroatoms. The van der Waals surface area contributed by atoms with Gasteiger partial charge < -0.3 is 10.8 Å². The molecule has 2 rings (SSSR count). The van der Waals surface area contributed by atoms with Gasteiger partial charge in [0.2, 0.25) is 0 Å². The summed E-state index contributed by atoms with van der Waals surface area (Å²) >= 11 is 0. The topological polar surface area (TPSA) is 80.4 Å². The van der Waals surface area contributed by atoms with Gasteiger partial charge in [-0.05, 0) is 29.9 Å². The van der Waals surface area contributed by atoms with Crippen LogP contribution in [0.15, 0.2) is 17.0 Å². The molecule has 4 nitrogen and oxygen atoms in total. The molecular weight excluding hydrogens is 262 g/mol. The maximum atomic E-state index is 12.4. The number of nitrogens with two attached hydrogens (primary N) is 1. The van der Waals surface area contributed by atoms with Crippen LogP contribution in [0.2, 0.25) is 0 Å². The molecule has 1 aromatic rings. The van der Waals surface area contributed by atoms with Crippen molar-refractivity contribution in [2.24, 2.45) is 5.73 Å². The van der Waals surface area contributed by atoms with Crippen LogP contribution in [0.5, 0.6) is 5.75 Å². The number of benzene rings is 1. The summed E-state index contributed by atoms with van der Waals surface area (Å²) in [5.41, 5.74) is 6.79. The van der Waals surface area contributed by atoms with Crippen LogP contribution >= 0.6 is 0 Å². The molecule has 0 atom stereocenters. The largest absolute Gasteiger partial charge is 0.506 e. The lowest BCUT2D eigenvalue weighted by atomic mass is 9.86. The van der Waals surface area contributed by atoms with E-state index in [0.717, 1.165) is 5.56 Å². The lowest BCUT2D eigenvalue weighted by molar-refractivity contribution is 0.449. The molecule has 0 spiro atoms. The molecule has 106 valence electrons. The van der Waals surface area contributed by atoms with Crippen LogP contribution in [-0.4, -0.2) is 18.8 Å². The molecule has 0 radical (unpaired) electrons. The van der Waals surface area contributed by atoms with E-state index in [0.29, 0.717) is 18.4 Å². The molecule has 0 heterocycles. The van der Waals surface area contributed by atoms with Gasteiger partial charge in [-0.3, -0.25) is 0 Å². The smallest absolute Gasteiger partial charge is 0.184 e. The zero-order chi connectivity index (χ0) is 14.4. The van der Waals surface area contributed by atoms with Gasteiger partial charge in [-0.15, -0.1) is 0 Å². The number of hydrogen-bond donors (Lipinski definition) is 2.